The van der Waals surface area contributed by atoms with Crippen LogP contribution >= 0.6 is 24.8 Å². The van der Waals surface area contributed by atoms with Crippen LogP contribution in [0.5, 0.6) is 0 Å². The predicted molar refractivity (Wildman–Crippen MR) is 89.5 cm³/mol. The van der Waals surface area contributed by atoms with Gasteiger partial charge in [0, 0.05) is 13.1 Å². The van der Waals surface area contributed by atoms with E-state index < -0.39 is 0 Å². The van der Waals surface area contributed by atoms with Crippen molar-refractivity contribution < 1.29 is 9.53 Å². The van der Waals surface area contributed by atoms with Crippen LogP contribution in [0.1, 0.15) is 6.42 Å². The molecule has 1 saturated heterocycles. The highest BCUT2D eigenvalue weighted by atomic mass is 35.5. The molecule has 8 nitrogen and oxygen atoms in total. The molecule has 0 aromatic carbocycles. The summed E-state index contributed by atoms with van der Waals surface area (Å²) in [4.78, 5) is 20.0. The van der Waals surface area contributed by atoms with Gasteiger partial charge in [0.25, 0.3) is 0 Å². The molecule has 1 atom stereocenters. The molecule has 1 amide bonds. The van der Waals surface area contributed by atoms with E-state index in [1.165, 1.54) is 6.33 Å². The summed E-state index contributed by atoms with van der Waals surface area (Å²) in [6.07, 6.45) is 4.86. The third kappa shape index (κ3) is 5.43. The van der Waals surface area contributed by atoms with E-state index in [4.69, 9.17) is 4.74 Å². The standard InChI is InChI=1S/C13H16N6O2.2ClH/c20-13(5-11-7-14-3-4-21-11)18-10-1-2-12(16-6-10)19-9-15-8-17-19;;/h1-2,6,8-9,11,14H,3-5,7H2,(H,18,20);2*1H. The second-order valence-corrected chi connectivity index (χ2v) is 4.69. The van der Waals surface area contributed by atoms with Gasteiger partial charge in [0.15, 0.2) is 5.82 Å². The zero-order chi connectivity index (χ0) is 14.5. The molecule has 10 heteroatoms. The molecule has 1 aliphatic rings. The highest BCUT2D eigenvalue weighted by molar-refractivity contribution is 5.90. The molecular formula is C13H18Cl2N6O2. The molecule has 0 bridgehead atoms. The number of halogens is 2. The summed E-state index contributed by atoms with van der Waals surface area (Å²) in [5.41, 5.74) is 0.646. The lowest BCUT2D eigenvalue weighted by Crippen LogP contribution is -2.40. The fraction of sp³-hybridized carbons (Fsp3) is 0.385. The predicted octanol–water partition coefficient (Wildman–Crippen LogP) is 0.823. The van der Waals surface area contributed by atoms with Gasteiger partial charge in [-0.3, -0.25) is 4.79 Å². The molecule has 0 aliphatic carbocycles. The van der Waals surface area contributed by atoms with Crippen LogP contribution in [0.2, 0.25) is 0 Å². The number of carbonyl (C=O) groups is 1. The second kappa shape index (κ2) is 9.41. The van der Waals surface area contributed by atoms with Gasteiger partial charge in [0.2, 0.25) is 5.91 Å². The van der Waals surface area contributed by atoms with E-state index in [1.54, 1.807) is 29.3 Å². The van der Waals surface area contributed by atoms with Gasteiger partial charge in [0.05, 0.1) is 31.0 Å². The van der Waals surface area contributed by atoms with Crippen LogP contribution in [-0.2, 0) is 9.53 Å². The number of nitrogens with zero attached hydrogens (tertiary/aromatic N) is 4. The zero-order valence-electron chi connectivity index (χ0n) is 12.2. The number of amides is 1. The van der Waals surface area contributed by atoms with Crippen molar-refractivity contribution in [2.75, 3.05) is 25.0 Å². The number of anilines is 1. The summed E-state index contributed by atoms with van der Waals surface area (Å²) in [5, 5.41) is 9.99. The lowest BCUT2D eigenvalue weighted by molar-refractivity contribution is -0.119. The van der Waals surface area contributed by atoms with Gasteiger partial charge in [-0.1, -0.05) is 0 Å². The molecule has 0 radical (unpaired) electrons. The highest BCUT2D eigenvalue weighted by Crippen LogP contribution is 2.10. The first-order valence-electron chi connectivity index (χ1n) is 6.74. The lowest BCUT2D eigenvalue weighted by atomic mass is 10.2. The molecular weight excluding hydrogens is 343 g/mol. The van der Waals surface area contributed by atoms with E-state index in [0.717, 1.165) is 6.54 Å². The van der Waals surface area contributed by atoms with E-state index in [-0.39, 0.29) is 36.8 Å². The molecule has 0 saturated carbocycles. The molecule has 1 aliphatic heterocycles. The van der Waals surface area contributed by atoms with Crippen LogP contribution in [0.3, 0.4) is 0 Å². The molecule has 3 rings (SSSR count). The maximum Gasteiger partial charge on any atom is 0.227 e. The van der Waals surface area contributed by atoms with Gasteiger partial charge >= 0.3 is 0 Å². The Morgan fingerprint density at radius 3 is 2.91 bits per heavy atom. The number of hydrogen-bond acceptors (Lipinski definition) is 6. The Balaban J connectivity index is 0.00000132. The van der Waals surface area contributed by atoms with Gasteiger partial charge in [-0.25, -0.2) is 14.6 Å². The van der Waals surface area contributed by atoms with Crippen LogP contribution in [0, 0.1) is 0 Å². The van der Waals surface area contributed by atoms with E-state index in [9.17, 15) is 4.79 Å². The summed E-state index contributed by atoms with van der Waals surface area (Å²) >= 11 is 0. The minimum Gasteiger partial charge on any atom is -0.375 e. The van der Waals surface area contributed by atoms with Crippen LogP contribution in [0.15, 0.2) is 31.0 Å². The Labute approximate surface area is 145 Å². The Morgan fingerprint density at radius 1 is 1.43 bits per heavy atom. The van der Waals surface area contributed by atoms with Crippen LogP contribution in [-0.4, -0.2) is 51.5 Å². The monoisotopic (exact) mass is 360 g/mol. The molecule has 2 aromatic rings. The number of nitrogens with one attached hydrogen (secondary N) is 2. The number of rotatable bonds is 4. The molecule has 2 aromatic heterocycles. The van der Waals surface area contributed by atoms with Crippen molar-refractivity contribution in [2.45, 2.75) is 12.5 Å². The van der Waals surface area contributed by atoms with Gasteiger partial charge in [-0.2, -0.15) is 5.10 Å². The molecule has 1 unspecified atom stereocenters. The molecule has 126 valence electrons. The van der Waals surface area contributed by atoms with Gasteiger partial charge < -0.3 is 15.4 Å². The first-order valence-corrected chi connectivity index (χ1v) is 6.74. The highest BCUT2D eigenvalue weighted by Gasteiger charge is 2.17. The average Bonchev–Trinajstić information content (AvgIpc) is 3.03. The fourth-order valence-corrected chi connectivity index (χ4v) is 2.09. The van der Waals surface area contributed by atoms with E-state index >= 15 is 0 Å². The van der Waals surface area contributed by atoms with E-state index in [0.29, 0.717) is 31.1 Å². The maximum atomic E-state index is 11.9. The summed E-state index contributed by atoms with van der Waals surface area (Å²) in [7, 11) is 0. The molecule has 23 heavy (non-hydrogen) atoms. The summed E-state index contributed by atoms with van der Waals surface area (Å²) < 4.78 is 7.05. The molecule has 0 spiro atoms. The van der Waals surface area contributed by atoms with Crippen LogP contribution in [0.25, 0.3) is 5.82 Å². The average molecular weight is 361 g/mol. The van der Waals surface area contributed by atoms with Crippen molar-refractivity contribution in [2.24, 2.45) is 0 Å². The first kappa shape index (κ1) is 19.3. The SMILES string of the molecule is Cl.Cl.O=C(CC1CNCCO1)Nc1ccc(-n2cncn2)nc1. The summed E-state index contributed by atoms with van der Waals surface area (Å²) in [5.74, 6) is 0.560. The third-order valence-corrected chi connectivity index (χ3v) is 3.10. The zero-order valence-corrected chi connectivity index (χ0v) is 13.8. The van der Waals surface area contributed by atoms with Crippen molar-refractivity contribution in [1.29, 1.82) is 0 Å². The largest absolute Gasteiger partial charge is 0.375 e. The smallest absolute Gasteiger partial charge is 0.227 e. The Bertz CT molecular complexity index is 587. The number of aromatic nitrogens is 4. The summed E-state index contributed by atoms with van der Waals surface area (Å²) in [6.45, 7) is 2.19. The van der Waals surface area contributed by atoms with E-state index in [1.807, 2.05) is 0 Å². The Hall–Kier alpha value is -1.74. The van der Waals surface area contributed by atoms with Crippen molar-refractivity contribution in [3.8, 4) is 5.82 Å². The number of hydrogen-bond donors (Lipinski definition) is 2. The van der Waals surface area contributed by atoms with Crippen LogP contribution in [0.4, 0.5) is 5.69 Å². The minimum absolute atomic E-state index is 0. The minimum atomic E-state index is -0.0843. The Morgan fingerprint density at radius 2 is 2.30 bits per heavy atom. The van der Waals surface area contributed by atoms with Crippen molar-refractivity contribution in [1.82, 2.24) is 25.1 Å². The van der Waals surface area contributed by atoms with Crippen molar-refractivity contribution in [3.05, 3.63) is 31.0 Å². The second-order valence-electron chi connectivity index (χ2n) is 4.69. The maximum absolute atomic E-state index is 11.9. The van der Waals surface area contributed by atoms with Gasteiger partial charge in [0.1, 0.15) is 12.7 Å². The van der Waals surface area contributed by atoms with Gasteiger partial charge in [-0.15, -0.1) is 24.8 Å². The van der Waals surface area contributed by atoms with Crippen LogP contribution < -0.4 is 10.6 Å². The molecule has 2 N–H and O–H groups in total. The topological polar surface area (TPSA) is 94.0 Å². The van der Waals surface area contributed by atoms with Gasteiger partial charge in [-0.05, 0) is 12.1 Å². The number of morpholine rings is 1. The number of ether oxygens (including phenoxy) is 1. The summed E-state index contributed by atoms with van der Waals surface area (Å²) in [6, 6.07) is 3.55. The molecule has 1 fully saturated rings. The van der Waals surface area contributed by atoms with Crippen molar-refractivity contribution in [3.63, 3.8) is 0 Å². The number of pyridine rings is 1. The molecule has 3 heterocycles. The first-order chi connectivity index (χ1) is 10.3. The van der Waals surface area contributed by atoms with E-state index in [2.05, 4.69) is 25.7 Å². The van der Waals surface area contributed by atoms with Crippen molar-refractivity contribution >= 4 is 36.4 Å². The third-order valence-electron chi connectivity index (χ3n) is 3.10. The number of carbonyl (C=O) groups excluding carboxylic acids is 1. The quantitative estimate of drug-likeness (QED) is 0.838. The lowest BCUT2D eigenvalue weighted by Gasteiger charge is -2.23. The normalized spacial score (nSPS) is 16.8. The Kier molecular flexibility index (Phi) is 7.90. The fourth-order valence-electron chi connectivity index (χ4n) is 2.09.